The summed E-state index contributed by atoms with van der Waals surface area (Å²) in [7, 11) is 0. The maximum absolute atomic E-state index is 5.97. The lowest BCUT2D eigenvalue weighted by atomic mass is 10.2. The Balaban J connectivity index is 1.58. The number of aromatic nitrogens is 1. The Morgan fingerprint density at radius 1 is 1.45 bits per heavy atom. The number of hydrogen-bond donors (Lipinski definition) is 1. The lowest BCUT2D eigenvalue weighted by molar-refractivity contribution is 0.318. The maximum Gasteiger partial charge on any atom is 0.127 e. The largest absolute Gasteiger partial charge is 0.493 e. The van der Waals surface area contributed by atoms with Crippen molar-refractivity contribution < 1.29 is 4.74 Å². The molecule has 106 valence electrons. The number of thiophene rings is 1. The Hall–Kier alpha value is -1.39. The van der Waals surface area contributed by atoms with Crippen LogP contribution in [0.25, 0.3) is 0 Å². The molecular formula is C16H20N2OS. The molecule has 0 saturated heterocycles. The SMILES string of the molecule is Cc1cc(OCCc2cccs2)c(CNC2CC2)cn1. The van der Waals surface area contributed by atoms with Crippen LogP contribution in [0.5, 0.6) is 5.75 Å². The summed E-state index contributed by atoms with van der Waals surface area (Å²) in [6.45, 7) is 3.58. The van der Waals surface area contributed by atoms with Crippen molar-refractivity contribution in [3.8, 4) is 5.75 Å². The van der Waals surface area contributed by atoms with Crippen molar-refractivity contribution in [3.63, 3.8) is 0 Å². The standard InChI is InChI=1S/C16H20N2OS/c1-12-9-16(19-7-6-15-3-2-8-20-15)13(10-17-12)11-18-14-4-5-14/h2-3,8-10,14,18H,4-7,11H2,1H3. The average molecular weight is 288 g/mol. The summed E-state index contributed by atoms with van der Waals surface area (Å²) >= 11 is 1.78. The predicted molar refractivity (Wildman–Crippen MR) is 82.4 cm³/mol. The van der Waals surface area contributed by atoms with Crippen LogP contribution in [0.1, 0.15) is 29.0 Å². The molecule has 1 saturated carbocycles. The van der Waals surface area contributed by atoms with E-state index in [1.165, 1.54) is 17.7 Å². The van der Waals surface area contributed by atoms with Gasteiger partial charge in [0.25, 0.3) is 0 Å². The molecule has 2 aromatic rings. The number of aryl methyl sites for hydroxylation is 1. The normalized spacial score (nSPS) is 14.4. The zero-order valence-electron chi connectivity index (χ0n) is 11.8. The van der Waals surface area contributed by atoms with E-state index in [0.29, 0.717) is 6.04 Å². The van der Waals surface area contributed by atoms with Crippen LogP contribution < -0.4 is 10.1 Å². The summed E-state index contributed by atoms with van der Waals surface area (Å²) in [5.41, 5.74) is 2.17. The molecule has 0 bridgehead atoms. The zero-order chi connectivity index (χ0) is 13.8. The summed E-state index contributed by atoms with van der Waals surface area (Å²) in [4.78, 5) is 5.75. The van der Waals surface area contributed by atoms with Gasteiger partial charge < -0.3 is 10.1 Å². The van der Waals surface area contributed by atoms with Crippen LogP contribution in [-0.4, -0.2) is 17.6 Å². The quantitative estimate of drug-likeness (QED) is 0.848. The van der Waals surface area contributed by atoms with E-state index in [1.54, 1.807) is 11.3 Å². The molecule has 0 atom stereocenters. The first-order valence-electron chi connectivity index (χ1n) is 7.15. The van der Waals surface area contributed by atoms with Crippen LogP contribution in [0.15, 0.2) is 29.8 Å². The minimum absolute atomic E-state index is 0.704. The highest BCUT2D eigenvalue weighted by Gasteiger charge is 2.20. The van der Waals surface area contributed by atoms with Crippen molar-refractivity contribution in [2.24, 2.45) is 0 Å². The highest BCUT2D eigenvalue weighted by molar-refractivity contribution is 7.09. The van der Waals surface area contributed by atoms with Gasteiger partial charge in [-0.05, 0) is 31.2 Å². The molecule has 1 fully saturated rings. The summed E-state index contributed by atoms with van der Waals surface area (Å²) in [6, 6.07) is 6.98. The fraction of sp³-hybridized carbons (Fsp3) is 0.438. The lowest BCUT2D eigenvalue weighted by Gasteiger charge is -2.12. The van der Waals surface area contributed by atoms with Gasteiger partial charge in [0.05, 0.1) is 6.61 Å². The third-order valence-corrected chi connectivity index (χ3v) is 4.36. The fourth-order valence-corrected chi connectivity index (χ4v) is 2.78. The highest BCUT2D eigenvalue weighted by atomic mass is 32.1. The molecule has 3 rings (SSSR count). The van der Waals surface area contributed by atoms with Crippen LogP contribution in [0, 0.1) is 6.92 Å². The number of pyridine rings is 1. The van der Waals surface area contributed by atoms with Gasteiger partial charge >= 0.3 is 0 Å². The van der Waals surface area contributed by atoms with Crippen molar-refractivity contribution in [3.05, 3.63) is 45.9 Å². The minimum atomic E-state index is 0.704. The molecule has 0 radical (unpaired) electrons. The third kappa shape index (κ3) is 3.81. The average Bonchev–Trinajstić information content (AvgIpc) is 3.13. The Bertz CT molecular complexity index is 550. The smallest absolute Gasteiger partial charge is 0.127 e. The van der Waals surface area contributed by atoms with Gasteiger partial charge in [-0.3, -0.25) is 4.98 Å². The van der Waals surface area contributed by atoms with E-state index in [-0.39, 0.29) is 0 Å². The van der Waals surface area contributed by atoms with E-state index in [0.717, 1.165) is 36.6 Å². The van der Waals surface area contributed by atoms with Gasteiger partial charge in [-0.1, -0.05) is 6.07 Å². The zero-order valence-corrected chi connectivity index (χ0v) is 12.6. The molecule has 2 heterocycles. The van der Waals surface area contributed by atoms with Gasteiger partial charge in [-0.15, -0.1) is 11.3 Å². The van der Waals surface area contributed by atoms with Crippen LogP contribution in [0.4, 0.5) is 0 Å². The van der Waals surface area contributed by atoms with Crippen LogP contribution in [0.3, 0.4) is 0 Å². The maximum atomic E-state index is 5.97. The molecule has 4 heteroatoms. The van der Waals surface area contributed by atoms with Crippen molar-refractivity contribution >= 4 is 11.3 Å². The van der Waals surface area contributed by atoms with Crippen LogP contribution in [0.2, 0.25) is 0 Å². The van der Waals surface area contributed by atoms with Crippen molar-refractivity contribution in [1.29, 1.82) is 0 Å². The van der Waals surface area contributed by atoms with Crippen LogP contribution in [-0.2, 0) is 13.0 Å². The Morgan fingerprint density at radius 3 is 3.10 bits per heavy atom. The fourth-order valence-electron chi connectivity index (χ4n) is 2.09. The first-order chi connectivity index (χ1) is 9.81. The second kappa shape index (κ2) is 6.37. The number of rotatable bonds is 7. The lowest BCUT2D eigenvalue weighted by Crippen LogP contribution is -2.16. The number of nitrogens with one attached hydrogen (secondary N) is 1. The Labute approximate surface area is 124 Å². The van der Waals surface area contributed by atoms with Crippen LogP contribution >= 0.6 is 11.3 Å². The predicted octanol–water partition coefficient (Wildman–Crippen LogP) is 3.33. The van der Waals surface area contributed by atoms with E-state index >= 15 is 0 Å². The summed E-state index contributed by atoms with van der Waals surface area (Å²) in [6.07, 6.45) is 5.50. The molecule has 20 heavy (non-hydrogen) atoms. The van der Waals surface area contributed by atoms with Crippen molar-refractivity contribution in [2.75, 3.05) is 6.61 Å². The minimum Gasteiger partial charge on any atom is -0.493 e. The molecule has 1 N–H and O–H groups in total. The van der Waals surface area contributed by atoms with E-state index < -0.39 is 0 Å². The molecule has 0 amide bonds. The summed E-state index contributed by atoms with van der Waals surface area (Å²) < 4.78 is 5.97. The van der Waals surface area contributed by atoms with E-state index in [2.05, 4.69) is 27.8 Å². The topological polar surface area (TPSA) is 34.1 Å². The molecular weight excluding hydrogens is 268 g/mol. The number of hydrogen-bond acceptors (Lipinski definition) is 4. The van der Waals surface area contributed by atoms with Gasteiger partial charge in [0.2, 0.25) is 0 Å². The molecule has 0 spiro atoms. The first kappa shape index (κ1) is 13.6. The van der Waals surface area contributed by atoms with Gasteiger partial charge in [-0.2, -0.15) is 0 Å². The van der Waals surface area contributed by atoms with E-state index in [9.17, 15) is 0 Å². The van der Waals surface area contributed by atoms with Gasteiger partial charge in [-0.25, -0.2) is 0 Å². The molecule has 3 nitrogen and oxygen atoms in total. The molecule has 0 aromatic carbocycles. The number of nitrogens with zero attached hydrogens (tertiary/aromatic N) is 1. The third-order valence-electron chi connectivity index (χ3n) is 3.43. The molecule has 1 aliphatic carbocycles. The molecule has 0 unspecified atom stereocenters. The monoisotopic (exact) mass is 288 g/mol. The number of ether oxygens (including phenoxy) is 1. The Morgan fingerprint density at radius 2 is 2.35 bits per heavy atom. The first-order valence-corrected chi connectivity index (χ1v) is 8.03. The molecule has 0 aliphatic heterocycles. The second-order valence-electron chi connectivity index (χ2n) is 5.27. The Kier molecular flexibility index (Phi) is 4.33. The van der Waals surface area contributed by atoms with Gasteiger partial charge in [0.1, 0.15) is 5.75 Å². The summed E-state index contributed by atoms with van der Waals surface area (Å²) in [5, 5.41) is 5.63. The van der Waals surface area contributed by atoms with Gasteiger partial charge in [0, 0.05) is 47.4 Å². The second-order valence-corrected chi connectivity index (χ2v) is 6.30. The molecule has 2 aromatic heterocycles. The highest BCUT2D eigenvalue weighted by Crippen LogP contribution is 2.23. The van der Waals surface area contributed by atoms with Crippen molar-refractivity contribution in [2.45, 2.75) is 38.8 Å². The van der Waals surface area contributed by atoms with Gasteiger partial charge in [0.15, 0.2) is 0 Å². The van der Waals surface area contributed by atoms with E-state index in [1.807, 2.05) is 19.2 Å². The van der Waals surface area contributed by atoms with Crippen molar-refractivity contribution in [1.82, 2.24) is 10.3 Å². The van der Waals surface area contributed by atoms with E-state index in [4.69, 9.17) is 4.74 Å². The summed E-state index contributed by atoms with van der Waals surface area (Å²) in [5.74, 6) is 0.974. The molecule has 1 aliphatic rings.